The number of hydrogen-bond acceptors (Lipinski definition) is 3. The van der Waals surface area contributed by atoms with E-state index in [1.807, 2.05) is 18.4 Å². The molecular formula is C11H12ClNOS. The van der Waals surface area contributed by atoms with Crippen molar-refractivity contribution in [3.63, 3.8) is 0 Å². The molecule has 2 aromatic rings. The predicted molar refractivity (Wildman–Crippen MR) is 67.8 cm³/mol. The SMILES string of the molecule is Cc1cscc1-c1ccc(N)cc1O.Cl. The zero-order chi connectivity index (χ0) is 10.1. The maximum atomic E-state index is 9.71. The Morgan fingerprint density at radius 1 is 1.20 bits per heavy atom. The molecule has 15 heavy (non-hydrogen) atoms. The number of nitrogen functional groups attached to an aromatic ring is 1. The highest BCUT2D eigenvalue weighted by Crippen LogP contribution is 2.34. The Morgan fingerprint density at radius 2 is 1.93 bits per heavy atom. The van der Waals surface area contributed by atoms with Crippen LogP contribution in [0.5, 0.6) is 5.75 Å². The van der Waals surface area contributed by atoms with Crippen LogP contribution in [-0.2, 0) is 0 Å². The summed E-state index contributed by atoms with van der Waals surface area (Å²) in [5.74, 6) is 0.242. The van der Waals surface area contributed by atoms with E-state index in [1.54, 1.807) is 23.5 Å². The number of halogens is 1. The molecule has 1 aromatic carbocycles. The van der Waals surface area contributed by atoms with Gasteiger partial charge in [0.05, 0.1) is 0 Å². The van der Waals surface area contributed by atoms with Gasteiger partial charge in [-0.25, -0.2) is 0 Å². The summed E-state index contributed by atoms with van der Waals surface area (Å²) in [5.41, 5.74) is 9.24. The van der Waals surface area contributed by atoms with Crippen molar-refractivity contribution in [1.29, 1.82) is 0 Å². The van der Waals surface area contributed by atoms with E-state index < -0.39 is 0 Å². The van der Waals surface area contributed by atoms with Crippen molar-refractivity contribution in [1.82, 2.24) is 0 Å². The minimum Gasteiger partial charge on any atom is -0.507 e. The van der Waals surface area contributed by atoms with E-state index in [1.165, 1.54) is 5.56 Å². The fraction of sp³-hybridized carbons (Fsp3) is 0.0909. The summed E-state index contributed by atoms with van der Waals surface area (Å²) in [7, 11) is 0. The Labute approximate surface area is 98.8 Å². The summed E-state index contributed by atoms with van der Waals surface area (Å²) in [6.45, 7) is 2.03. The molecule has 0 unspecified atom stereocenters. The molecule has 3 N–H and O–H groups in total. The number of phenols is 1. The van der Waals surface area contributed by atoms with Crippen molar-refractivity contribution < 1.29 is 5.11 Å². The van der Waals surface area contributed by atoms with Crippen LogP contribution >= 0.6 is 23.7 Å². The van der Waals surface area contributed by atoms with Crippen LogP contribution < -0.4 is 5.73 Å². The van der Waals surface area contributed by atoms with Crippen LogP contribution in [0.1, 0.15) is 5.56 Å². The fourth-order valence-electron chi connectivity index (χ4n) is 1.41. The lowest BCUT2D eigenvalue weighted by molar-refractivity contribution is 0.477. The lowest BCUT2D eigenvalue weighted by Crippen LogP contribution is -1.85. The van der Waals surface area contributed by atoms with Crippen molar-refractivity contribution in [2.75, 3.05) is 5.73 Å². The van der Waals surface area contributed by atoms with E-state index in [0.29, 0.717) is 5.69 Å². The highest BCUT2D eigenvalue weighted by molar-refractivity contribution is 7.08. The molecule has 0 aliphatic carbocycles. The van der Waals surface area contributed by atoms with Gasteiger partial charge in [0, 0.05) is 17.3 Å². The molecule has 0 amide bonds. The molecule has 80 valence electrons. The summed E-state index contributed by atoms with van der Waals surface area (Å²) in [4.78, 5) is 0. The van der Waals surface area contributed by atoms with Gasteiger partial charge >= 0.3 is 0 Å². The predicted octanol–water partition coefficient (Wildman–Crippen LogP) is 3.43. The molecule has 1 heterocycles. The molecule has 2 rings (SSSR count). The second kappa shape index (κ2) is 4.55. The van der Waals surface area contributed by atoms with Crippen LogP contribution in [0.2, 0.25) is 0 Å². The molecule has 1 aromatic heterocycles. The van der Waals surface area contributed by atoms with Gasteiger partial charge in [0.25, 0.3) is 0 Å². The second-order valence-corrected chi connectivity index (χ2v) is 3.99. The number of nitrogens with two attached hydrogens (primary N) is 1. The minimum absolute atomic E-state index is 0. The number of anilines is 1. The largest absolute Gasteiger partial charge is 0.507 e. The maximum absolute atomic E-state index is 9.71. The molecule has 0 atom stereocenters. The van der Waals surface area contributed by atoms with Gasteiger partial charge in [-0.05, 0) is 40.9 Å². The number of hydrogen-bond donors (Lipinski definition) is 2. The average Bonchev–Trinajstić information content (AvgIpc) is 2.52. The third-order valence-corrected chi connectivity index (χ3v) is 3.03. The highest BCUT2D eigenvalue weighted by atomic mass is 35.5. The Kier molecular flexibility index (Phi) is 3.61. The van der Waals surface area contributed by atoms with Crippen LogP contribution in [0, 0.1) is 6.92 Å². The Bertz CT molecular complexity index is 467. The van der Waals surface area contributed by atoms with Crippen LogP contribution in [0.3, 0.4) is 0 Å². The summed E-state index contributed by atoms with van der Waals surface area (Å²) in [6, 6.07) is 5.22. The fourth-order valence-corrected chi connectivity index (χ4v) is 2.26. The number of phenolic OH excluding ortho intramolecular Hbond substituents is 1. The number of aromatic hydroxyl groups is 1. The quantitative estimate of drug-likeness (QED) is 0.752. The third kappa shape index (κ3) is 2.25. The molecule has 4 heteroatoms. The first-order chi connectivity index (χ1) is 6.68. The van der Waals surface area contributed by atoms with E-state index in [9.17, 15) is 5.11 Å². The van der Waals surface area contributed by atoms with E-state index in [0.717, 1.165) is 11.1 Å². The van der Waals surface area contributed by atoms with Gasteiger partial charge in [-0.15, -0.1) is 12.4 Å². The van der Waals surface area contributed by atoms with Gasteiger partial charge in [0.2, 0.25) is 0 Å². The van der Waals surface area contributed by atoms with Crippen molar-refractivity contribution in [2.24, 2.45) is 0 Å². The van der Waals surface area contributed by atoms with Crippen molar-refractivity contribution >= 4 is 29.4 Å². The smallest absolute Gasteiger partial charge is 0.125 e. The topological polar surface area (TPSA) is 46.2 Å². The Hall–Kier alpha value is -1.19. The molecule has 0 aliphatic heterocycles. The highest BCUT2D eigenvalue weighted by Gasteiger charge is 2.07. The van der Waals surface area contributed by atoms with Crippen LogP contribution in [0.15, 0.2) is 29.0 Å². The van der Waals surface area contributed by atoms with E-state index >= 15 is 0 Å². The monoisotopic (exact) mass is 241 g/mol. The first-order valence-corrected chi connectivity index (χ1v) is 5.24. The molecule has 0 spiro atoms. The Morgan fingerprint density at radius 3 is 2.47 bits per heavy atom. The third-order valence-electron chi connectivity index (χ3n) is 2.17. The van der Waals surface area contributed by atoms with Gasteiger partial charge in [0.1, 0.15) is 5.75 Å². The maximum Gasteiger partial charge on any atom is 0.125 e. The average molecular weight is 242 g/mol. The number of aryl methyl sites for hydroxylation is 1. The standard InChI is InChI=1S/C11H11NOS.ClH/c1-7-5-14-6-10(7)9-3-2-8(12)4-11(9)13;/h2-6,13H,12H2,1H3;1H. The molecule has 0 bridgehead atoms. The summed E-state index contributed by atoms with van der Waals surface area (Å²) < 4.78 is 0. The van der Waals surface area contributed by atoms with E-state index in [4.69, 9.17) is 5.73 Å². The van der Waals surface area contributed by atoms with Crippen LogP contribution in [0.4, 0.5) is 5.69 Å². The lowest BCUT2D eigenvalue weighted by atomic mass is 10.0. The lowest BCUT2D eigenvalue weighted by Gasteiger charge is -2.04. The second-order valence-electron chi connectivity index (χ2n) is 3.25. The first kappa shape index (κ1) is 11.9. The van der Waals surface area contributed by atoms with Crippen LogP contribution in [0.25, 0.3) is 11.1 Å². The summed E-state index contributed by atoms with van der Waals surface area (Å²) >= 11 is 1.63. The molecule has 0 saturated carbocycles. The van der Waals surface area contributed by atoms with Crippen molar-refractivity contribution in [3.8, 4) is 16.9 Å². The first-order valence-electron chi connectivity index (χ1n) is 4.30. The van der Waals surface area contributed by atoms with Crippen molar-refractivity contribution in [2.45, 2.75) is 6.92 Å². The van der Waals surface area contributed by atoms with Crippen LogP contribution in [-0.4, -0.2) is 5.11 Å². The zero-order valence-corrected chi connectivity index (χ0v) is 9.86. The van der Waals surface area contributed by atoms with Crippen molar-refractivity contribution in [3.05, 3.63) is 34.5 Å². The van der Waals surface area contributed by atoms with Gasteiger partial charge in [-0.3, -0.25) is 0 Å². The normalized spacial score (nSPS) is 9.67. The summed E-state index contributed by atoms with van der Waals surface area (Å²) in [5, 5.41) is 13.8. The molecule has 0 saturated heterocycles. The molecule has 2 nitrogen and oxygen atoms in total. The molecule has 0 fully saturated rings. The Balaban J connectivity index is 0.00000112. The summed E-state index contributed by atoms with van der Waals surface area (Å²) in [6.07, 6.45) is 0. The minimum atomic E-state index is 0. The zero-order valence-electron chi connectivity index (χ0n) is 8.23. The van der Waals surface area contributed by atoms with E-state index in [2.05, 4.69) is 5.38 Å². The van der Waals surface area contributed by atoms with Gasteiger partial charge in [0.15, 0.2) is 0 Å². The molecular weight excluding hydrogens is 230 g/mol. The molecule has 0 aliphatic rings. The van der Waals surface area contributed by atoms with Gasteiger partial charge in [-0.2, -0.15) is 11.3 Å². The number of benzene rings is 1. The molecule has 0 radical (unpaired) electrons. The van der Waals surface area contributed by atoms with Gasteiger partial charge in [-0.1, -0.05) is 0 Å². The van der Waals surface area contributed by atoms with Gasteiger partial charge < -0.3 is 10.8 Å². The van der Waals surface area contributed by atoms with E-state index in [-0.39, 0.29) is 18.2 Å². The number of rotatable bonds is 1. The number of thiophene rings is 1.